The van der Waals surface area contributed by atoms with E-state index in [4.69, 9.17) is 4.74 Å². The third-order valence-corrected chi connectivity index (χ3v) is 2.15. The molecule has 0 aromatic heterocycles. The highest BCUT2D eigenvalue weighted by Gasteiger charge is 2.27. The molecule has 1 nitrogen and oxygen atoms in total. The fraction of sp³-hybridized carbons (Fsp3) is 1.00. The van der Waals surface area contributed by atoms with Gasteiger partial charge in [0.1, 0.15) is 0 Å². The van der Waals surface area contributed by atoms with Crippen molar-refractivity contribution in [2.75, 3.05) is 0 Å². The van der Waals surface area contributed by atoms with Gasteiger partial charge in [0.05, 0.1) is 12.2 Å². The minimum atomic E-state index is 0.505. The predicted molar refractivity (Wildman–Crippen MR) is 38.4 cm³/mol. The molecule has 1 aliphatic heterocycles. The van der Waals surface area contributed by atoms with Crippen LogP contribution in [-0.4, -0.2) is 12.2 Å². The number of ether oxygens (including phenoxy) is 1. The van der Waals surface area contributed by atoms with Crippen molar-refractivity contribution < 1.29 is 4.74 Å². The van der Waals surface area contributed by atoms with E-state index in [-0.39, 0.29) is 0 Å². The van der Waals surface area contributed by atoms with Gasteiger partial charge in [-0.1, -0.05) is 13.8 Å². The molecule has 3 atom stereocenters. The van der Waals surface area contributed by atoms with E-state index in [0.29, 0.717) is 12.2 Å². The second-order valence-corrected chi connectivity index (χ2v) is 3.11. The number of hydrogen-bond acceptors (Lipinski definition) is 1. The monoisotopic (exact) mass is 128 g/mol. The molecule has 0 radical (unpaired) electrons. The molecule has 0 aromatic rings. The zero-order valence-electron chi connectivity index (χ0n) is 6.55. The summed E-state index contributed by atoms with van der Waals surface area (Å²) in [6, 6.07) is 0. The van der Waals surface area contributed by atoms with Crippen molar-refractivity contribution in [3.63, 3.8) is 0 Å². The predicted octanol–water partition coefficient (Wildman–Crippen LogP) is 2.21. The van der Waals surface area contributed by atoms with Crippen LogP contribution in [0.4, 0.5) is 0 Å². The van der Waals surface area contributed by atoms with Gasteiger partial charge in [0, 0.05) is 0 Å². The van der Waals surface area contributed by atoms with Crippen LogP contribution in [0.15, 0.2) is 0 Å². The van der Waals surface area contributed by atoms with Crippen molar-refractivity contribution in [3.8, 4) is 0 Å². The molecule has 54 valence electrons. The first-order chi connectivity index (χ1) is 4.24. The van der Waals surface area contributed by atoms with Gasteiger partial charge in [0.25, 0.3) is 0 Å². The highest BCUT2D eigenvalue weighted by atomic mass is 16.5. The lowest BCUT2D eigenvalue weighted by molar-refractivity contribution is 0.0438. The highest BCUT2D eigenvalue weighted by Crippen LogP contribution is 2.27. The molecule has 1 fully saturated rings. The van der Waals surface area contributed by atoms with Gasteiger partial charge < -0.3 is 4.74 Å². The van der Waals surface area contributed by atoms with E-state index in [0.717, 1.165) is 5.92 Å². The SMILES string of the molecule is CC[C@@H]1OC(C)C[C@@H]1C. The average molecular weight is 128 g/mol. The minimum Gasteiger partial charge on any atom is -0.375 e. The summed E-state index contributed by atoms with van der Waals surface area (Å²) in [5.74, 6) is 0.782. The summed E-state index contributed by atoms with van der Waals surface area (Å²) in [5, 5.41) is 0. The second kappa shape index (κ2) is 2.70. The first kappa shape index (κ1) is 7.07. The van der Waals surface area contributed by atoms with Gasteiger partial charge in [0.2, 0.25) is 0 Å². The fourth-order valence-electron chi connectivity index (χ4n) is 1.66. The van der Waals surface area contributed by atoms with Crippen molar-refractivity contribution in [2.45, 2.75) is 45.8 Å². The van der Waals surface area contributed by atoms with Crippen molar-refractivity contribution in [3.05, 3.63) is 0 Å². The lowest BCUT2D eigenvalue weighted by Gasteiger charge is -2.10. The summed E-state index contributed by atoms with van der Waals surface area (Å²) in [6.45, 7) is 6.63. The first-order valence-electron chi connectivity index (χ1n) is 3.89. The largest absolute Gasteiger partial charge is 0.375 e. The van der Waals surface area contributed by atoms with E-state index in [9.17, 15) is 0 Å². The fourth-order valence-corrected chi connectivity index (χ4v) is 1.66. The number of hydrogen-bond donors (Lipinski definition) is 0. The Morgan fingerprint density at radius 3 is 2.33 bits per heavy atom. The molecule has 1 heterocycles. The lowest BCUT2D eigenvalue weighted by atomic mass is 10.0. The summed E-state index contributed by atoms with van der Waals surface area (Å²) in [7, 11) is 0. The Bertz CT molecular complexity index is 90.6. The summed E-state index contributed by atoms with van der Waals surface area (Å²) in [5.41, 5.74) is 0. The standard InChI is InChI=1S/C8H16O/c1-4-8-6(2)5-7(3)9-8/h6-8H,4-5H2,1-3H3/t6-,7?,8-/m0/s1. The Labute approximate surface area is 57.4 Å². The molecule has 1 aliphatic rings. The van der Waals surface area contributed by atoms with Gasteiger partial charge in [-0.05, 0) is 25.7 Å². The van der Waals surface area contributed by atoms with Crippen LogP contribution in [0.5, 0.6) is 0 Å². The van der Waals surface area contributed by atoms with Crippen LogP contribution >= 0.6 is 0 Å². The molecular formula is C8H16O. The Kier molecular flexibility index (Phi) is 2.12. The zero-order valence-corrected chi connectivity index (χ0v) is 6.55. The molecule has 1 rings (SSSR count). The summed E-state index contributed by atoms with van der Waals surface area (Å²) < 4.78 is 5.62. The van der Waals surface area contributed by atoms with Crippen LogP contribution in [0.25, 0.3) is 0 Å². The molecule has 0 amide bonds. The molecule has 0 aromatic carbocycles. The molecule has 0 spiro atoms. The van der Waals surface area contributed by atoms with Gasteiger partial charge in [0.15, 0.2) is 0 Å². The van der Waals surface area contributed by atoms with Crippen LogP contribution < -0.4 is 0 Å². The normalized spacial score (nSPS) is 43.7. The Hall–Kier alpha value is -0.0400. The highest BCUT2D eigenvalue weighted by molar-refractivity contribution is 4.75. The molecule has 1 heteroatoms. The maximum Gasteiger partial charge on any atom is 0.0602 e. The molecule has 9 heavy (non-hydrogen) atoms. The summed E-state index contributed by atoms with van der Waals surface area (Å²) in [4.78, 5) is 0. The maximum atomic E-state index is 5.62. The van der Waals surface area contributed by atoms with E-state index in [1.807, 2.05) is 0 Å². The van der Waals surface area contributed by atoms with Gasteiger partial charge in [-0.25, -0.2) is 0 Å². The smallest absolute Gasteiger partial charge is 0.0602 e. The lowest BCUT2D eigenvalue weighted by Crippen LogP contribution is -2.11. The molecular weight excluding hydrogens is 112 g/mol. The van der Waals surface area contributed by atoms with Gasteiger partial charge >= 0.3 is 0 Å². The quantitative estimate of drug-likeness (QED) is 0.526. The summed E-state index contributed by atoms with van der Waals surface area (Å²) >= 11 is 0. The second-order valence-electron chi connectivity index (χ2n) is 3.11. The third kappa shape index (κ3) is 1.45. The molecule has 0 saturated carbocycles. The van der Waals surface area contributed by atoms with E-state index >= 15 is 0 Å². The van der Waals surface area contributed by atoms with Crippen LogP contribution in [0.2, 0.25) is 0 Å². The van der Waals surface area contributed by atoms with Crippen LogP contribution in [0.3, 0.4) is 0 Å². The Morgan fingerprint density at radius 1 is 1.44 bits per heavy atom. The molecule has 1 saturated heterocycles. The van der Waals surface area contributed by atoms with Crippen molar-refractivity contribution >= 4 is 0 Å². The maximum absolute atomic E-state index is 5.62. The van der Waals surface area contributed by atoms with Crippen LogP contribution in [0.1, 0.15) is 33.6 Å². The van der Waals surface area contributed by atoms with E-state index in [2.05, 4.69) is 20.8 Å². The van der Waals surface area contributed by atoms with Gasteiger partial charge in [-0.2, -0.15) is 0 Å². The molecule has 0 bridgehead atoms. The first-order valence-corrected chi connectivity index (χ1v) is 3.89. The Morgan fingerprint density at radius 2 is 2.11 bits per heavy atom. The van der Waals surface area contributed by atoms with E-state index in [1.165, 1.54) is 12.8 Å². The third-order valence-electron chi connectivity index (χ3n) is 2.15. The van der Waals surface area contributed by atoms with Gasteiger partial charge in [-0.3, -0.25) is 0 Å². The van der Waals surface area contributed by atoms with Crippen LogP contribution in [0, 0.1) is 5.92 Å². The molecule has 0 N–H and O–H groups in total. The minimum absolute atomic E-state index is 0.505. The van der Waals surface area contributed by atoms with E-state index in [1.54, 1.807) is 0 Å². The zero-order chi connectivity index (χ0) is 6.85. The van der Waals surface area contributed by atoms with Crippen molar-refractivity contribution in [1.29, 1.82) is 0 Å². The van der Waals surface area contributed by atoms with Crippen molar-refractivity contribution in [1.82, 2.24) is 0 Å². The Balaban J connectivity index is 2.38. The van der Waals surface area contributed by atoms with E-state index < -0.39 is 0 Å². The van der Waals surface area contributed by atoms with Crippen molar-refractivity contribution in [2.24, 2.45) is 5.92 Å². The molecule has 0 aliphatic carbocycles. The van der Waals surface area contributed by atoms with Crippen LogP contribution in [-0.2, 0) is 4.74 Å². The molecule has 1 unspecified atom stereocenters. The summed E-state index contributed by atoms with van der Waals surface area (Å²) in [6.07, 6.45) is 3.47. The average Bonchev–Trinajstić information content (AvgIpc) is 2.10. The number of rotatable bonds is 1. The van der Waals surface area contributed by atoms with Gasteiger partial charge in [-0.15, -0.1) is 0 Å². The topological polar surface area (TPSA) is 9.23 Å².